The molecule has 19 heavy (non-hydrogen) atoms. The molecule has 0 aliphatic heterocycles. The molecule has 0 spiro atoms. The van der Waals surface area contributed by atoms with Crippen molar-refractivity contribution in [2.75, 3.05) is 7.11 Å². The smallest absolute Gasteiger partial charge is 0.303 e. The van der Waals surface area contributed by atoms with E-state index in [1.165, 1.54) is 7.11 Å². The minimum Gasteiger partial charge on any atom is -0.492 e. The minimum atomic E-state index is -0.914. The molecule has 0 radical (unpaired) electrons. The second kappa shape index (κ2) is 5.37. The molecule has 1 atom stereocenters. The van der Waals surface area contributed by atoms with Crippen molar-refractivity contribution in [2.45, 2.75) is 32.1 Å². The van der Waals surface area contributed by atoms with E-state index in [2.05, 4.69) is 0 Å². The van der Waals surface area contributed by atoms with Gasteiger partial charge in [0.1, 0.15) is 0 Å². The van der Waals surface area contributed by atoms with Crippen molar-refractivity contribution in [3.8, 4) is 5.75 Å². The molecule has 1 aromatic rings. The van der Waals surface area contributed by atoms with Crippen molar-refractivity contribution in [2.24, 2.45) is 5.92 Å². The Morgan fingerprint density at radius 1 is 1.63 bits per heavy atom. The fourth-order valence-corrected chi connectivity index (χ4v) is 2.65. The van der Waals surface area contributed by atoms with Crippen LogP contribution >= 0.6 is 11.6 Å². The number of carboxylic acid groups (broad SMARTS) is 1. The van der Waals surface area contributed by atoms with Crippen LogP contribution in [0, 0.1) is 18.7 Å². The number of hydrogen-bond donors (Lipinski definition) is 1. The minimum absolute atomic E-state index is 0.00713. The lowest BCUT2D eigenvalue weighted by molar-refractivity contribution is -0.137. The summed E-state index contributed by atoms with van der Waals surface area (Å²) in [5.74, 6) is -1.50. The first-order chi connectivity index (χ1) is 8.95. The second-order valence-electron chi connectivity index (χ2n) is 4.99. The van der Waals surface area contributed by atoms with E-state index >= 15 is 0 Å². The van der Waals surface area contributed by atoms with Crippen molar-refractivity contribution < 1.29 is 19.0 Å². The SMILES string of the molecule is COc1c(F)c(C(CC(=O)O)C2CC2)cc(C)c1Cl. The summed E-state index contributed by atoms with van der Waals surface area (Å²) < 4.78 is 19.4. The van der Waals surface area contributed by atoms with Crippen LogP contribution < -0.4 is 4.74 Å². The van der Waals surface area contributed by atoms with Crippen LogP contribution in [0.4, 0.5) is 4.39 Å². The molecule has 1 aliphatic carbocycles. The van der Waals surface area contributed by atoms with Gasteiger partial charge < -0.3 is 9.84 Å². The van der Waals surface area contributed by atoms with Crippen molar-refractivity contribution in [1.82, 2.24) is 0 Å². The van der Waals surface area contributed by atoms with E-state index in [0.717, 1.165) is 12.8 Å². The Bertz CT molecular complexity index is 512. The van der Waals surface area contributed by atoms with Gasteiger partial charge in [0.25, 0.3) is 0 Å². The molecular formula is C14H16ClFO3. The number of methoxy groups -OCH3 is 1. The van der Waals surface area contributed by atoms with Crippen molar-refractivity contribution in [1.29, 1.82) is 0 Å². The number of aryl methyl sites for hydroxylation is 1. The lowest BCUT2D eigenvalue weighted by Gasteiger charge is -2.19. The molecule has 1 unspecified atom stereocenters. The Morgan fingerprint density at radius 3 is 2.74 bits per heavy atom. The Kier molecular flexibility index (Phi) is 3.99. The first-order valence-corrected chi connectivity index (χ1v) is 6.57. The van der Waals surface area contributed by atoms with Crippen LogP contribution in [0.5, 0.6) is 5.75 Å². The molecule has 1 fully saturated rings. The standard InChI is InChI=1S/C14H16ClFO3/c1-7-5-10(13(16)14(19-2)12(7)15)9(6-11(17)18)8-3-4-8/h5,8-9H,3-4,6H2,1-2H3,(H,17,18). The van der Waals surface area contributed by atoms with E-state index in [4.69, 9.17) is 21.4 Å². The van der Waals surface area contributed by atoms with Gasteiger partial charge in [0.2, 0.25) is 0 Å². The van der Waals surface area contributed by atoms with Gasteiger partial charge in [0.15, 0.2) is 11.6 Å². The lowest BCUT2D eigenvalue weighted by atomic mass is 9.89. The fraction of sp³-hybridized carbons (Fsp3) is 0.500. The number of benzene rings is 1. The topological polar surface area (TPSA) is 46.5 Å². The third-order valence-electron chi connectivity index (χ3n) is 3.56. The average molecular weight is 287 g/mol. The summed E-state index contributed by atoms with van der Waals surface area (Å²) in [7, 11) is 1.36. The third-order valence-corrected chi connectivity index (χ3v) is 4.03. The highest BCUT2D eigenvalue weighted by Crippen LogP contribution is 2.47. The van der Waals surface area contributed by atoms with Gasteiger partial charge in [-0.1, -0.05) is 17.7 Å². The number of halogens is 2. The van der Waals surface area contributed by atoms with Gasteiger partial charge in [-0.3, -0.25) is 4.79 Å². The summed E-state index contributed by atoms with van der Waals surface area (Å²) in [5.41, 5.74) is 1.11. The maximum Gasteiger partial charge on any atom is 0.303 e. The van der Waals surface area contributed by atoms with E-state index < -0.39 is 11.8 Å². The number of aliphatic carboxylic acids is 1. The maximum absolute atomic E-state index is 14.4. The summed E-state index contributed by atoms with van der Waals surface area (Å²) in [4.78, 5) is 11.0. The highest BCUT2D eigenvalue weighted by Gasteiger charge is 2.36. The molecule has 3 nitrogen and oxygen atoms in total. The van der Waals surface area contributed by atoms with Crippen LogP contribution in [0.1, 0.15) is 36.3 Å². The van der Waals surface area contributed by atoms with E-state index in [-0.39, 0.29) is 29.0 Å². The van der Waals surface area contributed by atoms with E-state index in [9.17, 15) is 9.18 Å². The number of rotatable bonds is 5. The van der Waals surface area contributed by atoms with Crippen molar-refractivity contribution >= 4 is 17.6 Å². The zero-order valence-electron chi connectivity index (χ0n) is 10.9. The number of hydrogen-bond acceptors (Lipinski definition) is 2. The first-order valence-electron chi connectivity index (χ1n) is 6.20. The summed E-state index contributed by atoms with van der Waals surface area (Å²) >= 11 is 5.99. The van der Waals surface area contributed by atoms with Gasteiger partial charge in [-0.05, 0) is 36.8 Å². The molecule has 1 aromatic carbocycles. The lowest BCUT2D eigenvalue weighted by Crippen LogP contribution is -2.11. The van der Waals surface area contributed by atoms with Crippen LogP contribution in [0.15, 0.2) is 6.07 Å². The summed E-state index contributed by atoms with van der Waals surface area (Å²) in [6.45, 7) is 1.76. The molecule has 0 amide bonds. The normalized spacial score (nSPS) is 16.2. The molecule has 1 N–H and O–H groups in total. The Labute approximate surface area is 116 Å². The molecule has 104 valence electrons. The van der Waals surface area contributed by atoms with Gasteiger partial charge in [-0.15, -0.1) is 0 Å². The van der Waals surface area contributed by atoms with Gasteiger partial charge >= 0.3 is 5.97 Å². The third kappa shape index (κ3) is 2.84. The second-order valence-corrected chi connectivity index (χ2v) is 5.36. The van der Waals surface area contributed by atoms with Crippen LogP contribution in [0.25, 0.3) is 0 Å². The van der Waals surface area contributed by atoms with Gasteiger partial charge in [0, 0.05) is 5.92 Å². The van der Waals surface area contributed by atoms with E-state index in [1.807, 2.05) is 0 Å². The molecule has 0 saturated heterocycles. The van der Waals surface area contributed by atoms with Crippen LogP contribution in [-0.4, -0.2) is 18.2 Å². The van der Waals surface area contributed by atoms with Crippen molar-refractivity contribution in [3.05, 3.63) is 28.0 Å². The summed E-state index contributed by atoms with van der Waals surface area (Å²) in [6, 6.07) is 1.64. The van der Waals surface area contributed by atoms with E-state index in [1.54, 1.807) is 13.0 Å². The highest BCUT2D eigenvalue weighted by atomic mass is 35.5. The Morgan fingerprint density at radius 2 is 2.26 bits per heavy atom. The Balaban J connectivity index is 2.47. The fourth-order valence-electron chi connectivity index (χ4n) is 2.43. The Hall–Kier alpha value is -1.29. The number of carbonyl (C=O) groups is 1. The predicted molar refractivity (Wildman–Crippen MR) is 70.4 cm³/mol. The van der Waals surface area contributed by atoms with Gasteiger partial charge in [-0.2, -0.15) is 0 Å². The zero-order chi connectivity index (χ0) is 14.2. The van der Waals surface area contributed by atoms with Crippen LogP contribution in [0.2, 0.25) is 5.02 Å². The van der Waals surface area contributed by atoms with Crippen LogP contribution in [-0.2, 0) is 4.79 Å². The average Bonchev–Trinajstić information content (AvgIpc) is 3.16. The zero-order valence-corrected chi connectivity index (χ0v) is 11.6. The first kappa shape index (κ1) is 14.1. The van der Waals surface area contributed by atoms with E-state index in [0.29, 0.717) is 11.1 Å². The van der Waals surface area contributed by atoms with Crippen molar-refractivity contribution in [3.63, 3.8) is 0 Å². The summed E-state index contributed by atoms with van der Waals surface area (Å²) in [5, 5.41) is 9.23. The maximum atomic E-state index is 14.4. The van der Waals surface area contributed by atoms with Gasteiger partial charge in [0.05, 0.1) is 18.6 Å². The molecule has 1 saturated carbocycles. The number of carboxylic acids is 1. The molecular weight excluding hydrogens is 271 g/mol. The monoisotopic (exact) mass is 286 g/mol. The molecule has 0 aromatic heterocycles. The predicted octanol–water partition coefficient (Wildman–Crippen LogP) is 3.76. The quantitative estimate of drug-likeness (QED) is 0.896. The highest BCUT2D eigenvalue weighted by molar-refractivity contribution is 6.32. The molecule has 2 rings (SSSR count). The van der Waals surface area contributed by atoms with Crippen LogP contribution in [0.3, 0.4) is 0 Å². The summed E-state index contributed by atoms with van der Waals surface area (Å²) in [6.07, 6.45) is 1.83. The largest absolute Gasteiger partial charge is 0.492 e. The molecule has 5 heteroatoms. The molecule has 1 aliphatic rings. The molecule has 0 bridgehead atoms. The van der Waals surface area contributed by atoms with Gasteiger partial charge in [-0.25, -0.2) is 4.39 Å². The number of ether oxygens (including phenoxy) is 1. The molecule has 0 heterocycles.